The average molecular weight is 301 g/mol. The monoisotopic (exact) mass is 300 g/mol. The normalized spacial score (nSPS) is 11.0. The summed E-state index contributed by atoms with van der Waals surface area (Å²) >= 11 is 5.91. The SMILES string of the molecule is Cc1nc(Cl)nc(NCCc2c[nH]c3ccccc23)c1C. The first-order chi connectivity index (χ1) is 10.1. The highest BCUT2D eigenvalue weighted by Crippen LogP contribution is 2.20. The van der Waals surface area contributed by atoms with Gasteiger partial charge in [-0.2, -0.15) is 0 Å². The van der Waals surface area contributed by atoms with Crippen LogP contribution in [0.5, 0.6) is 0 Å². The molecule has 0 aliphatic heterocycles. The summed E-state index contributed by atoms with van der Waals surface area (Å²) in [4.78, 5) is 11.7. The number of nitrogens with one attached hydrogen (secondary N) is 2. The van der Waals surface area contributed by atoms with Crippen molar-refractivity contribution in [1.82, 2.24) is 15.0 Å². The molecular formula is C16H17ClN4. The summed E-state index contributed by atoms with van der Waals surface area (Å²) in [6.45, 7) is 4.74. The van der Waals surface area contributed by atoms with Crippen LogP contribution in [0.4, 0.5) is 5.82 Å². The Morgan fingerprint density at radius 3 is 2.86 bits per heavy atom. The topological polar surface area (TPSA) is 53.6 Å². The minimum Gasteiger partial charge on any atom is -0.369 e. The fourth-order valence-electron chi connectivity index (χ4n) is 2.42. The van der Waals surface area contributed by atoms with Gasteiger partial charge >= 0.3 is 0 Å². The summed E-state index contributed by atoms with van der Waals surface area (Å²) in [7, 11) is 0. The van der Waals surface area contributed by atoms with Crippen LogP contribution in [0.3, 0.4) is 0 Å². The van der Waals surface area contributed by atoms with Crippen LogP contribution in [0.25, 0.3) is 10.9 Å². The lowest BCUT2D eigenvalue weighted by Crippen LogP contribution is -2.09. The first-order valence-electron chi connectivity index (χ1n) is 6.95. The smallest absolute Gasteiger partial charge is 0.224 e. The van der Waals surface area contributed by atoms with Gasteiger partial charge in [0.05, 0.1) is 0 Å². The van der Waals surface area contributed by atoms with Crippen LogP contribution in [0.1, 0.15) is 16.8 Å². The number of halogens is 1. The van der Waals surface area contributed by atoms with Crippen LogP contribution in [-0.4, -0.2) is 21.5 Å². The van der Waals surface area contributed by atoms with Crippen molar-refractivity contribution in [2.75, 3.05) is 11.9 Å². The molecule has 0 aliphatic rings. The van der Waals surface area contributed by atoms with E-state index in [1.807, 2.05) is 19.9 Å². The first kappa shape index (κ1) is 13.9. The van der Waals surface area contributed by atoms with Crippen LogP contribution >= 0.6 is 11.6 Å². The van der Waals surface area contributed by atoms with Gasteiger partial charge < -0.3 is 10.3 Å². The molecule has 2 heterocycles. The number of benzene rings is 1. The number of nitrogens with zero attached hydrogens (tertiary/aromatic N) is 2. The lowest BCUT2D eigenvalue weighted by Gasteiger charge is -2.10. The van der Waals surface area contributed by atoms with Crippen molar-refractivity contribution >= 4 is 28.3 Å². The molecular weight excluding hydrogens is 284 g/mol. The second kappa shape index (κ2) is 5.74. The Morgan fingerprint density at radius 2 is 2.00 bits per heavy atom. The molecule has 0 fully saturated rings. The van der Waals surface area contributed by atoms with Gasteiger partial charge in [0.15, 0.2) is 0 Å². The highest BCUT2D eigenvalue weighted by Gasteiger charge is 2.07. The maximum absolute atomic E-state index is 5.91. The molecule has 3 aromatic rings. The molecule has 5 heteroatoms. The summed E-state index contributed by atoms with van der Waals surface area (Å²) < 4.78 is 0. The Bertz CT molecular complexity index is 779. The highest BCUT2D eigenvalue weighted by atomic mass is 35.5. The second-order valence-corrected chi connectivity index (χ2v) is 5.43. The molecule has 0 atom stereocenters. The van der Waals surface area contributed by atoms with Crippen LogP contribution in [0.15, 0.2) is 30.5 Å². The summed E-state index contributed by atoms with van der Waals surface area (Å²) in [5.74, 6) is 0.812. The van der Waals surface area contributed by atoms with Crippen LogP contribution in [0.2, 0.25) is 5.28 Å². The zero-order valence-corrected chi connectivity index (χ0v) is 12.8. The maximum Gasteiger partial charge on any atom is 0.224 e. The molecule has 0 amide bonds. The quantitative estimate of drug-likeness (QED) is 0.719. The number of hydrogen-bond donors (Lipinski definition) is 2. The van der Waals surface area contributed by atoms with Crippen molar-refractivity contribution in [3.63, 3.8) is 0 Å². The maximum atomic E-state index is 5.91. The largest absolute Gasteiger partial charge is 0.369 e. The van der Waals surface area contributed by atoms with Crippen molar-refractivity contribution in [3.05, 3.63) is 52.6 Å². The molecule has 2 N–H and O–H groups in total. The Morgan fingerprint density at radius 1 is 1.19 bits per heavy atom. The number of aromatic nitrogens is 3. The number of fused-ring (bicyclic) bond motifs is 1. The van der Waals surface area contributed by atoms with Crippen molar-refractivity contribution < 1.29 is 0 Å². The molecule has 4 nitrogen and oxygen atoms in total. The lowest BCUT2D eigenvalue weighted by molar-refractivity contribution is 0.985. The molecule has 0 saturated carbocycles. The van der Waals surface area contributed by atoms with E-state index in [1.165, 1.54) is 16.5 Å². The molecule has 0 unspecified atom stereocenters. The van der Waals surface area contributed by atoms with E-state index in [0.29, 0.717) is 0 Å². The van der Waals surface area contributed by atoms with E-state index < -0.39 is 0 Å². The molecule has 0 bridgehead atoms. The third-order valence-corrected chi connectivity index (χ3v) is 3.89. The average Bonchev–Trinajstić information content (AvgIpc) is 2.87. The molecule has 0 aliphatic carbocycles. The van der Waals surface area contributed by atoms with E-state index in [9.17, 15) is 0 Å². The number of H-pyrrole nitrogens is 1. The van der Waals surface area contributed by atoms with E-state index >= 15 is 0 Å². The third-order valence-electron chi connectivity index (χ3n) is 3.72. The van der Waals surface area contributed by atoms with Gasteiger partial charge in [0.2, 0.25) is 5.28 Å². The molecule has 0 saturated heterocycles. The third kappa shape index (κ3) is 2.85. The number of hydrogen-bond acceptors (Lipinski definition) is 3. The number of rotatable bonds is 4. The van der Waals surface area contributed by atoms with E-state index in [1.54, 1.807) is 0 Å². The summed E-state index contributed by atoms with van der Waals surface area (Å²) in [6.07, 6.45) is 2.99. The van der Waals surface area contributed by atoms with Crippen LogP contribution in [-0.2, 0) is 6.42 Å². The van der Waals surface area contributed by atoms with Gasteiger partial charge in [-0.05, 0) is 43.5 Å². The Labute approximate surface area is 128 Å². The van der Waals surface area contributed by atoms with Gasteiger partial charge in [-0.25, -0.2) is 9.97 Å². The van der Waals surface area contributed by atoms with Gasteiger partial charge in [0.25, 0.3) is 0 Å². The van der Waals surface area contributed by atoms with E-state index in [-0.39, 0.29) is 5.28 Å². The van der Waals surface area contributed by atoms with Crippen molar-refractivity contribution in [3.8, 4) is 0 Å². The molecule has 1 aromatic carbocycles. The zero-order chi connectivity index (χ0) is 14.8. The molecule has 0 radical (unpaired) electrons. The standard InChI is InChI=1S/C16H17ClN4/c1-10-11(2)20-16(17)21-15(10)18-8-7-12-9-19-14-6-4-3-5-13(12)14/h3-6,9,19H,7-8H2,1-2H3,(H,18,20,21). The van der Waals surface area contributed by atoms with E-state index in [2.05, 4.69) is 44.7 Å². The molecule has 3 rings (SSSR count). The van der Waals surface area contributed by atoms with Gasteiger partial charge in [-0.1, -0.05) is 18.2 Å². The first-order valence-corrected chi connectivity index (χ1v) is 7.32. The van der Waals surface area contributed by atoms with Crippen LogP contribution < -0.4 is 5.32 Å². The number of aromatic amines is 1. The number of anilines is 1. The fraction of sp³-hybridized carbons (Fsp3) is 0.250. The fourth-order valence-corrected chi connectivity index (χ4v) is 2.63. The van der Waals surface area contributed by atoms with Crippen molar-refractivity contribution in [2.24, 2.45) is 0 Å². The summed E-state index contributed by atoms with van der Waals surface area (Å²) in [5, 5.41) is 4.90. The Balaban J connectivity index is 1.72. The molecule has 2 aromatic heterocycles. The molecule has 21 heavy (non-hydrogen) atoms. The van der Waals surface area contributed by atoms with Crippen molar-refractivity contribution in [1.29, 1.82) is 0 Å². The predicted molar refractivity (Wildman–Crippen MR) is 87.0 cm³/mol. The van der Waals surface area contributed by atoms with E-state index in [0.717, 1.165) is 30.0 Å². The lowest BCUT2D eigenvalue weighted by atomic mass is 10.1. The number of aryl methyl sites for hydroxylation is 1. The minimum absolute atomic E-state index is 0.285. The second-order valence-electron chi connectivity index (χ2n) is 5.09. The summed E-state index contributed by atoms with van der Waals surface area (Å²) in [6, 6.07) is 8.32. The minimum atomic E-state index is 0.285. The van der Waals surface area contributed by atoms with Gasteiger partial charge in [-0.15, -0.1) is 0 Å². The van der Waals surface area contributed by atoms with Crippen molar-refractivity contribution in [2.45, 2.75) is 20.3 Å². The van der Waals surface area contributed by atoms with Gasteiger partial charge in [0, 0.05) is 34.9 Å². The molecule has 0 spiro atoms. The van der Waals surface area contributed by atoms with Gasteiger partial charge in [-0.3, -0.25) is 0 Å². The predicted octanol–water partition coefficient (Wildman–Crippen LogP) is 3.88. The zero-order valence-electron chi connectivity index (χ0n) is 12.1. The number of para-hydroxylation sites is 1. The molecule has 108 valence electrons. The Hall–Kier alpha value is -2.07. The van der Waals surface area contributed by atoms with Gasteiger partial charge in [0.1, 0.15) is 5.82 Å². The highest BCUT2D eigenvalue weighted by molar-refractivity contribution is 6.28. The van der Waals surface area contributed by atoms with Crippen LogP contribution in [0, 0.1) is 13.8 Å². The van der Waals surface area contributed by atoms with E-state index in [4.69, 9.17) is 11.6 Å². The Kier molecular flexibility index (Phi) is 3.80. The summed E-state index contributed by atoms with van der Waals surface area (Å²) in [5.41, 5.74) is 4.42.